The van der Waals surface area contributed by atoms with Gasteiger partial charge in [-0.05, 0) is 50.3 Å². The van der Waals surface area contributed by atoms with Crippen LogP contribution in [-0.4, -0.2) is 25.7 Å². The van der Waals surface area contributed by atoms with E-state index in [-0.39, 0.29) is 5.54 Å². The highest BCUT2D eigenvalue weighted by atomic mass is 15.5. The van der Waals surface area contributed by atoms with E-state index in [1.807, 2.05) is 12.1 Å². The summed E-state index contributed by atoms with van der Waals surface area (Å²) in [5.74, 6) is 0.814. The van der Waals surface area contributed by atoms with Crippen molar-refractivity contribution in [3.63, 3.8) is 0 Å². The molecule has 0 amide bonds. The van der Waals surface area contributed by atoms with Crippen LogP contribution in [0, 0.1) is 6.92 Å². The number of rotatable bonds is 3. The van der Waals surface area contributed by atoms with Crippen molar-refractivity contribution >= 4 is 0 Å². The molecule has 18 heavy (non-hydrogen) atoms. The van der Waals surface area contributed by atoms with E-state index < -0.39 is 0 Å². The molecule has 0 atom stereocenters. The maximum Gasteiger partial charge on any atom is 0.170 e. The lowest BCUT2D eigenvalue weighted by atomic mass is 10.1. The lowest BCUT2D eigenvalue weighted by molar-refractivity contribution is 0.415. The van der Waals surface area contributed by atoms with Gasteiger partial charge in [-0.1, -0.05) is 17.7 Å². The molecule has 1 N–H and O–H groups in total. The summed E-state index contributed by atoms with van der Waals surface area (Å²) in [4.78, 5) is 0. The van der Waals surface area contributed by atoms with Crippen LogP contribution in [0.1, 0.15) is 32.2 Å². The minimum atomic E-state index is 0.0457. The van der Waals surface area contributed by atoms with E-state index in [2.05, 4.69) is 60.7 Å². The van der Waals surface area contributed by atoms with E-state index in [9.17, 15) is 0 Å². The third kappa shape index (κ3) is 3.13. The first-order chi connectivity index (χ1) is 8.46. The van der Waals surface area contributed by atoms with Crippen LogP contribution in [0.3, 0.4) is 0 Å². The molecule has 2 rings (SSSR count). The van der Waals surface area contributed by atoms with Gasteiger partial charge in [-0.25, -0.2) is 0 Å². The van der Waals surface area contributed by atoms with Crippen molar-refractivity contribution in [3.8, 4) is 5.69 Å². The van der Waals surface area contributed by atoms with Gasteiger partial charge >= 0.3 is 0 Å². The Bertz CT molecular complexity index is 507. The van der Waals surface area contributed by atoms with E-state index >= 15 is 0 Å². The number of hydrogen-bond acceptors (Lipinski definition) is 4. The van der Waals surface area contributed by atoms with Crippen molar-refractivity contribution in [3.05, 3.63) is 35.7 Å². The van der Waals surface area contributed by atoms with E-state index in [1.54, 1.807) is 4.68 Å². The molecule has 0 bridgehead atoms. The van der Waals surface area contributed by atoms with Crippen LogP contribution in [0.25, 0.3) is 5.69 Å². The van der Waals surface area contributed by atoms with Crippen LogP contribution in [0.5, 0.6) is 0 Å². The predicted octanol–water partition coefficient (Wildman–Crippen LogP) is 1.86. The van der Waals surface area contributed by atoms with E-state index in [0.29, 0.717) is 6.54 Å². The molecule has 2 aromatic rings. The molecule has 96 valence electrons. The fourth-order valence-corrected chi connectivity index (χ4v) is 1.55. The third-order valence-electron chi connectivity index (χ3n) is 2.59. The van der Waals surface area contributed by atoms with Gasteiger partial charge in [0, 0.05) is 5.54 Å². The van der Waals surface area contributed by atoms with Gasteiger partial charge in [-0.15, -0.1) is 5.10 Å². The third-order valence-corrected chi connectivity index (χ3v) is 2.59. The van der Waals surface area contributed by atoms with Crippen molar-refractivity contribution in [1.82, 2.24) is 25.5 Å². The first kappa shape index (κ1) is 12.7. The molecule has 0 unspecified atom stereocenters. The largest absolute Gasteiger partial charge is 0.305 e. The van der Waals surface area contributed by atoms with Gasteiger partial charge < -0.3 is 5.32 Å². The molecular formula is C13H19N5. The molecule has 0 aliphatic carbocycles. The standard InChI is InChI=1S/C13H19N5/c1-10-5-7-11(8-6-10)18-12(15-16-17-18)9-14-13(2,3)4/h5-8,14H,9H2,1-4H3. The van der Waals surface area contributed by atoms with Crippen molar-refractivity contribution < 1.29 is 0 Å². The van der Waals surface area contributed by atoms with Crippen molar-refractivity contribution in [2.75, 3.05) is 0 Å². The molecule has 5 heteroatoms. The van der Waals surface area contributed by atoms with Gasteiger partial charge in [-0.2, -0.15) is 4.68 Å². The van der Waals surface area contributed by atoms with Crippen molar-refractivity contribution in [2.24, 2.45) is 0 Å². The van der Waals surface area contributed by atoms with Crippen molar-refractivity contribution in [1.29, 1.82) is 0 Å². The second-order valence-electron chi connectivity index (χ2n) is 5.45. The first-order valence-electron chi connectivity index (χ1n) is 6.05. The summed E-state index contributed by atoms with van der Waals surface area (Å²) in [7, 11) is 0. The van der Waals surface area contributed by atoms with E-state index in [0.717, 1.165) is 11.5 Å². The molecular weight excluding hydrogens is 226 g/mol. The molecule has 1 aromatic heterocycles. The van der Waals surface area contributed by atoms with Gasteiger partial charge in [0.15, 0.2) is 5.82 Å². The zero-order valence-electron chi connectivity index (χ0n) is 11.3. The number of hydrogen-bond donors (Lipinski definition) is 1. The Balaban J connectivity index is 2.20. The monoisotopic (exact) mass is 245 g/mol. The molecule has 1 aromatic carbocycles. The highest BCUT2D eigenvalue weighted by Gasteiger charge is 2.13. The van der Waals surface area contributed by atoms with Crippen LogP contribution in [0.15, 0.2) is 24.3 Å². The Morgan fingerprint density at radius 2 is 1.83 bits per heavy atom. The molecule has 0 aliphatic heterocycles. The average Bonchev–Trinajstić information content (AvgIpc) is 2.75. The quantitative estimate of drug-likeness (QED) is 0.896. The number of benzene rings is 1. The first-order valence-corrected chi connectivity index (χ1v) is 6.05. The van der Waals surface area contributed by atoms with Crippen LogP contribution in [0.2, 0.25) is 0 Å². The summed E-state index contributed by atoms with van der Waals surface area (Å²) in [6.07, 6.45) is 0. The molecule has 5 nitrogen and oxygen atoms in total. The SMILES string of the molecule is Cc1ccc(-n2nnnc2CNC(C)(C)C)cc1. The molecule has 0 saturated heterocycles. The molecule has 0 aliphatic rings. The van der Waals surface area contributed by atoms with E-state index in [4.69, 9.17) is 0 Å². The minimum absolute atomic E-state index is 0.0457. The fourth-order valence-electron chi connectivity index (χ4n) is 1.55. The Hall–Kier alpha value is -1.75. The lowest BCUT2D eigenvalue weighted by Crippen LogP contribution is -2.35. The minimum Gasteiger partial charge on any atom is -0.305 e. The van der Waals surface area contributed by atoms with Crippen molar-refractivity contribution in [2.45, 2.75) is 39.8 Å². The fraction of sp³-hybridized carbons (Fsp3) is 0.462. The lowest BCUT2D eigenvalue weighted by Gasteiger charge is -2.19. The highest BCUT2D eigenvalue weighted by molar-refractivity contribution is 5.33. The second kappa shape index (κ2) is 4.86. The zero-order valence-corrected chi connectivity index (χ0v) is 11.3. The molecule has 1 heterocycles. The Kier molecular flexibility index (Phi) is 3.43. The van der Waals surface area contributed by atoms with Gasteiger partial charge in [0.05, 0.1) is 12.2 Å². The van der Waals surface area contributed by atoms with Crippen LogP contribution >= 0.6 is 0 Å². The van der Waals surface area contributed by atoms with Gasteiger partial charge in [0.2, 0.25) is 0 Å². The number of aromatic nitrogens is 4. The Morgan fingerprint density at radius 3 is 2.44 bits per heavy atom. The highest BCUT2D eigenvalue weighted by Crippen LogP contribution is 2.10. The summed E-state index contributed by atoms with van der Waals surface area (Å²) >= 11 is 0. The van der Waals surface area contributed by atoms with Crippen LogP contribution < -0.4 is 5.32 Å². The maximum absolute atomic E-state index is 4.06. The Labute approximate surface area is 107 Å². The molecule has 0 radical (unpaired) electrons. The smallest absolute Gasteiger partial charge is 0.170 e. The van der Waals surface area contributed by atoms with Crippen LogP contribution in [0.4, 0.5) is 0 Å². The number of aryl methyl sites for hydroxylation is 1. The molecule has 0 saturated carbocycles. The topological polar surface area (TPSA) is 55.6 Å². The zero-order chi connectivity index (χ0) is 13.2. The Morgan fingerprint density at radius 1 is 1.17 bits per heavy atom. The average molecular weight is 245 g/mol. The summed E-state index contributed by atoms with van der Waals surface area (Å²) in [6.45, 7) is 9.06. The normalized spacial score (nSPS) is 11.8. The summed E-state index contributed by atoms with van der Waals surface area (Å²) in [5.41, 5.74) is 2.25. The second-order valence-corrected chi connectivity index (χ2v) is 5.45. The molecule has 0 spiro atoms. The van der Waals surface area contributed by atoms with E-state index in [1.165, 1.54) is 5.56 Å². The number of nitrogens with one attached hydrogen (secondary N) is 1. The molecule has 0 fully saturated rings. The predicted molar refractivity (Wildman–Crippen MR) is 70.5 cm³/mol. The van der Waals surface area contributed by atoms with Gasteiger partial charge in [-0.3, -0.25) is 0 Å². The summed E-state index contributed by atoms with van der Waals surface area (Å²) < 4.78 is 1.76. The van der Waals surface area contributed by atoms with Gasteiger partial charge in [0.25, 0.3) is 0 Å². The van der Waals surface area contributed by atoms with Crippen LogP contribution in [-0.2, 0) is 6.54 Å². The van der Waals surface area contributed by atoms with Gasteiger partial charge in [0.1, 0.15) is 0 Å². The number of tetrazole rings is 1. The number of nitrogens with zero attached hydrogens (tertiary/aromatic N) is 4. The summed E-state index contributed by atoms with van der Waals surface area (Å²) in [6, 6.07) is 8.15. The summed E-state index contributed by atoms with van der Waals surface area (Å²) in [5, 5.41) is 15.2. The maximum atomic E-state index is 4.06.